The summed E-state index contributed by atoms with van der Waals surface area (Å²) in [5.74, 6) is 2.45. The van der Waals surface area contributed by atoms with Gasteiger partial charge in [-0.3, -0.25) is 4.90 Å². The van der Waals surface area contributed by atoms with Crippen LogP contribution in [0.3, 0.4) is 0 Å². The number of hydrogen-bond acceptors (Lipinski definition) is 3. The third kappa shape index (κ3) is 7.43. The first-order valence-electron chi connectivity index (χ1n) is 8.27. The molecule has 0 aliphatic heterocycles. The van der Waals surface area contributed by atoms with Crippen LogP contribution in [0.25, 0.3) is 0 Å². The maximum Gasteiger partial charge on any atom is 0.107 e. The van der Waals surface area contributed by atoms with Crippen molar-refractivity contribution in [1.82, 2.24) is 4.90 Å². The van der Waals surface area contributed by atoms with E-state index in [1.807, 2.05) is 12.1 Å². The Balaban J connectivity index is 1.80. The molecule has 2 rings (SSSR count). The Bertz CT molecular complexity index is 551. The van der Waals surface area contributed by atoms with Crippen molar-refractivity contribution in [2.75, 3.05) is 33.0 Å². The van der Waals surface area contributed by atoms with Gasteiger partial charge in [0.1, 0.15) is 6.61 Å². The fourth-order valence-corrected chi connectivity index (χ4v) is 2.44. The van der Waals surface area contributed by atoms with E-state index in [2.05, 4.69) is 59.4 Å². The molecule has 0 saturated carbocycles. The Morgan fingerprint density at radius 3 is 1.83 bits per heavy atom. The fourth-order valence-electron chi connectivity index (χ4n) is 2.44. The van der Waals surface area contributed by atoms with Gasteiger partial charge in [-0.2, -0.15) is 0 Å². The maximum atomic E-state index is 5.65. The molecule has 2 aromatic carbocycles. The molecule has 3 nitrogen and oxygen atoms in total. The van der Waals surface area contributed by atoms with Gasteiger partial charge in [0.05, 0.1) is 19.8 Å². The van der Waals surface area contributed by atoms with Crippen LogP contribution in [-0.2, 0) is 22.6 Å². The van der Waals surface area contributed by atoms with E-state index >= 15 is 0 Å². The van der Waals surface area contributed by atoms with Crippen LogP contribution in [0.1, 0.15) is 11.1 Å². The standard InChI is InChI=1S/C21H25NO2/c1-2-14-23-16-17-24-15-13-22(18-20-9-5-3-6-10-20)19-21-11-7-4-8-12-21/h1,3-12H,13-19H2. The molecule has 0 bridgehead atoms. The van der Waals surface area contributed by atoms with E-state index in [9.17, 15) is 0 Å². The van der Waals surface area contributed by atoms with Crippen molar-refractivity contribution in [2.45, 2.75) is 13.1 Å². The Hall–Kier alpha value is -2.12. The summed E-state index contributed by atoms with van der Waals surface area (Å²) in [5, 5.41) is 0. The summed E-state index contributed by atoms with van der Waals surface area (Å²) in [6.45, 7) is 4.84. The third-order valence-electron chi connectivity index (χ3n) is 3.61. The highest BCUT2D eigenvalue weighted by Crippen LogP contribution is 2.09. The number of ether oxygens (including phenoxy) is 2. The zero-order valence-corrected chi connectivity index (χ0v) is 14.1. The van der Waals surface area contributed by atoms with Crippen molar-refractivity contribution in [3.05, 3.63) is 71.8 Å². The Morgan fingerprint density at radius 2 is 1.29 bits per heavy atom. The van der Waals surface area contributed by atoms with E-state index in [4.69, 9.17) is 15.9 Å². The van der Waals surface area contributed by atoms with Crippen LogP contribution in [0.5, 0.6) is 0 Å². The van der Waals surface area contributed by atoms with Crippen LogP contribution in [0.4, 0.5) is 0 Å². The molecule has 3 heteroatoms. The van der Waals surface area contributed by atoms with E-state index in [1.165, 1.54) is 11.1 Å². The lowest BCUT2D eigenvalue weighted by molar-refractivity contribution is 0.0466. The molecular formula is C21H25NO2. The van der Waals surface area contributed by atoms with Gasteiger partial charge in [-0.15, -0.1) is 6.42 Å². The number of benzene rings is 2. The van der Waals surface area contributed by atoms with Crippen LogP contribution in [0.15, 0.2) is 60.7 Å². The van der Waals surface area contributed by atoms with Crippen LogP contribution in [-0.4, -0.2) is 37.9 Å². The highest BCUT2D eigenvalue weighted by molar-refractivity contribution is 5.17. The smallest absolute Gasteiger partial charge is 0.107 e. The SMILES string of the molecule is C#CCOCCOCCN(Cc1ccccc1)Cc1ccccc1. The average molecular weight is 323 g/mol. The monoisotopic (exact) mass is 323 g/mol. The second-order valence-electron chi connectivity index (χ2n) is 5.55. The van der Waals surface area contributed by atoms with Crippen molar-refractivity contribution >= 4 is 0 Å². The van der Waals surface area contributed by atoms with Crippen LogP contribution < -0.4 is 0 Å². The predicted molar refractivity (Wildman–Crippen MR) is 97.5 cm³/mol. The second-order valence-corrected chi connectivity index (χ2v) is 5.55. The van der Waals surface area contributed by atoms with Crippen LogP contribution in [0.2, 0.25) is 0 Å². The highest BCUT2D eigenvalue weighted by atomic mass is 16.5. The van der Waals surface area contributed by atoms with Crippen LogP contribution >= 0.6 is 0 Å². The molecule has 2 aromatic rings. The molecule has 0 heterocycles. The largest absolute Gasteiger partial charge is 0.378 e. The number of hydrogen-bond donors (Lipinski definition) is 0. The zero-order chi connectivity index (χ0) is 16.9. The summed E-state index contributed by atoms with van der Waals surface area (Å²) >= 11 is 0. The molecule has 0 spiro atoms. The molecule has 24 heavy (non-hydrogen) atoms. The topological polar surface area (TPSA) is 21.7 Å². The minimum atomic E-state index is 0.345. The molecule has 0 N–H and O–H groups in total. The van der Waals surface area contributed by atoms with Crippen molar-refractivity contribution < 1.29 is 9.47 Å². The van der Waals surface area contributed by atoms with Gasteiger partial charge in [0.2, 0.25) is 0 Å². The molecule has 0 fully saturated rings. The Morgan fingerprint density at radius 1 is 0.750 bits per heavy atom. The lowest BCUT2D eigenvalue weighted by Crippen LogP contribution is -2.27. The lowest BCUT2D eigenvalue weighted by atomic mass is 10.1. The van der Waals surface area contributed by atoms with E-state index < -0.39 is 0 Å². The van der Waals surface area contributed by atoms with E-state index in [0.717, 1.165) is 19.6 Å². The average Bonchev–Trinajstić information content (AvgIpc) is 2.62. The molecule has 0 radical (unpaired) electrons. The molecule has 0 aromatic heterocycles. The quantitative estimate of drug-likeness (QED) is 0.467. The number of rotatable bonds is 11. The zero-order valence-electron chi connectivity index (χ0n) is 14.1. The van der Waals surface area contributed by atoms with E-state index in [-0.39, 0.29) is 0 Å². The van der Waals surface area contributed by atoms with Gasteiger partial charge < -0.3 is 9.47 Å². The molecule has 0 unspecified atom stereocenters. The minimum Gasteiger partial charge on any atom is -0.378 e. The van der Waals surface area contributed by atoms with Crippen molar-refractivity contribution in [3.8, 4) is 12.3 Å². The lowest BCUT2D eigenvalue weighted by Gasteiger charge is -2.22. The Kier molecular flexibility index (Phi) is 8.67. The molecule has 0 atom stereocenters. The predicted octanol–water partition coefficient (Wildman–Crippen LogP) is 3.36. The van der Waals surface area contributed by atoms with E-state index in [1.54, 1.807) is 0 Å². The van der Waals surface area contributed by atoms with Crippen molar-refractivity contribution in [1.29, 1.82) is 0 Å². The first-order chi connectivity index (χ1) is 11.9. The summed E-state index contributed by atoms with van der Waals surface area (Å²) in [4.78, 5) is 2.40. The normalized spacial score (nSPS) is 10.7. The fraction of sp³-hybridized carbons (Fsp3) is 0.333. The molecule has 126 valence electrons. The van der Waals surface area contributed by atoms with Gasteiger partial charge in [0.15, 0.2) is 0 Å². The third-order valence-corrected chi connectivity index (χ3v) is 3.61. The maximum absolute atomic E-state index is 5.65. The molecule has 0 aliphatic rings. The molecule has 0 amide bonds. The van der Waals surface area contributed by atoms with Gasteiger partial charge in [0.25, 0.3) is 0 Å². The van der Waals surface area contributed by atoms with Crippen molar-refractivity contribution in [2.24, 2.45) is 0 Å². The van der Waals surface area contributed by atoms with Gasteiger partial charge in [0, 0.05) is 19.6 Å². The molecular weight excluding hydrogens is 298 g/mol. The van der Waals surface area contributed by atoms with E-state index in [0.29, 0.717) is 26.4 Å². The first-order valence-corrected chi connectivity index (χ1v) is 8.27. The van der Waals surface area contributed by atoms with Gasteiger partial charge in [-0.25, -0.2) is 0 Å². The van der Waals surface area contributed by atoms with Crippen molar-refractivity contribution in [3.63, 3.8) is 0 Å². The summed E-state index contributed by atoms with van der Waals surface area (Å²) in [6.07, 6.45) is 5.13. The Labute approximate surface area is 145 Å². The summed E-state index contributed by atoms with van der Waals surface area (Å²) < 4.78 is 10.9. The van der Waals surface area contributed by atoms with Gasteiger partial charge in [-0.05, 0) is 11.1 Å². The number of terminal acetylenes is 1. The first kappa shape index (κ1) is 18.2. The van der Waals surface area contributed by atoms with Crippen LogP contribution in [0, 0.1) is 12.3 Å². The summed E-state index contributed by atoms with van der Waals surface area (Å²) in [5.41, 5.74) is 2.62. The number of nitrogens with zero attached hydrogens (tertiary/aromatic N) is 1. The van der Waals surface area contributed by atoms with Gasteiger partial charge in [-0.1, -0.05) is 66.6 Å². The summed E-state index contributed by atoms with van der Waals surface area (Å²) in [7, 11) is 0. The van der Waals surface area contributed by atoms with Gasteiger partial charge >= 0.3 is 0 Å². The molecule has 0 saturated heterocycles. The minimum absolute atomic E-state index is 0.345. The molecule has 0 aliphatic carbocycles. The summed E-state index contributed by atoms with van der Waals surface area (Å²) in [6, 6.07) is 21.0. The highest BCUT2D eigenvalue weighted by Gasteiger charge is 2.07. The second kappa shape index (κ2) is 11.4.